The molecule has 0 N–H and O–H groups in total. The van der Waals surface area contributed by atoms with Gasteiger partial charge in [0.25, 0.3) is 0 Å². The summed E-state index contributed by atoms with van der Waals surface area (Å²) < 4.78 is 30.2. The molecule has 10 nitrogen and oxygen atoms in total. The van der Waals surface area contributed by atoms with Crippen molar-refractivity contribution in [2.24, 2.45) is 0 Å². The maximum absolute atomic E-state index is 12.1. The number of para-hydroxylation sites is 1. The van der Waals surface area contributed by atoms with Crippen LogP contribution in [0.25, 0.3) is 21.5 Å². The zero-order valence-electron chi connectivity index (χ0n) is 21.7. The van der Waals surface area contributed by atoms with Gasteiger partial charge in [-0.1, -0.05) is 18.2 Å². The summed E-state index contributed by atoms with van der Waals surface area (Å²) >= 11 is 1.54. The fourth-order valence-electron chi connectivity index (χ4n) is 4.82. The average molecular weight is 553 g/mol. The molecule has 4 aromatic rings. The first-order valence-electron chi connectivity index (χ1n) is 12.5. The predicted molar refractivity (Wildman–Crippen MR) is 141 cm³/mol. The number of benzene rings is 1. The summed E-state index contributed by atoms with van der Waals surface area (Å²) in [6.45, 7) is 3.87. The lowest BCUT2D eigenvalue weighted by molar-refractivity contribution is -0.229. The number of furan rings is 1. The fourth-order valence-corrected chi connectivity index (χ4v) is 5.73. The molecule has 0 amide bonds. The van der Waals surface area contributed by atoms with Crippen molar-refractivity contribution in [1.82, 2.24) is 9.55 Å². The maximum Gasteiger partial charge on any atom is 0.303 e. The van der Waals surface area contributed by atoms with Gasteiger partial charge in [-0.05, 0) is 23.8 Å². The van der Waals surface area contributed by atoms with Gasteiger partial charge in [-0.3, -0.25) is 14.4 Å². The lowest BCUT2D eigenvalue weighted by Gasteiger charge is -2.41. The molecule has 1 fully saturated rings. The number of ether oxygens (including phenoxy) is 4. The number of fused-ring (bicyclic) bond motifs is 1. The molecule has 0 radical (unpaired) electrons. The number of hydrogen-bond acceptors (Lipinski definition) is 10. The molecule has 204 valence electrons. The van der Waals surface area contributed by atoms with E-state index in [0.717, 1.165) is 32.1 Å². The zero-order valence-corrected chi connectivity index (χ0v) is 22.5. The molecule has 0 spiro atoms. The second-order valence-corrected chi connectivity index (χ2v) is 10.4. The van der Waals surface area contributed by atoms with E-state index >= 15 is 0 Å². The van der Waals surface area contributed by atoms with Crippen LogP contribution in [0.1, 0.15) is 44.0 Å². The second-order valence-electron chi connectivity index (χ2n) is 9.26. The SMILES string of the molecule is CC(=O)OC[C@@H]1C[C@H](OC(C)=O)[C@@H](OC(C)=O)[C@H](n2cc(Cc3ncc(-c4ccco4)s3)c3ccccc32)O1. The maximum atomic E-state index is 12.1. The van der Waals surface area contributed by atoms with E-state index in [1.807, 2.05) is 47.2 Å². The van der Waals surface area contributed by atoms with Crippen LogP contribution in [-0.2, 0) is 39.8 Å². The molecule has 39 heavy (non-hydrogen) atoms. The first kappa shape index (κ1) is 26.6. The summed E-state index contributed by atoms with van der Waals surface area (Å²) in [5.74, 6) is -0.740. The number of carbonyl (C=O) groups excluding carboxylic acids is 3. The van der Waals surface area contributed by atoms with Crippen molar-refractivity contribution in [3.8, 4) is 10.6 Å². The predicted octanol–water partition coefficient (Wildman–Crippen LogP) is 4.66. The highest BCUT2D eigenvalue weighted by molar-refractivity contribution is 7.15. The van der Waals surface area contributed by atoms with Crippen LogP contribution in [0, 0.1) is 0 Å². The third kappa shape index (κ3) is 6.04. The summed E-state index contributed by atoms with van der Waals surface area (Å²) in [5.41, 5.74) is 1.83. The molecule has 0 aliphatic carbocycles. The van der Waals surface area contributed by atoms with Gasteiger partial charge in [-0.2, -0.15) is 0 Å². The van der Waals surface area contributed by atoms with E-state index in [4.69, 9.17) is 23.4 Å². The molecule has 4 heterocycles. The van der Waals surface area contributed by atoms with Crippen LogP contribution in [0.5, 0.6) is 0 Å². The normalized spacial score (nSPS) is 21.0. The second kappa shape index (κ2) is 11.4. The van der Waals surface area contributed by atoms with E-state index in [1.165, 1.54) is 20.8 Å². The van der Waals surface area contributed by atoms with Crippen molar-refractivity contribution >= 4 is 40.1 Å². The van der Waals surface area contributed by atoms with E-state index in [2.05, 4.69) is 4.98 Å². The Morgan fingerprint density at radius 3 is 2.56 bits per heavy atom. The van der Waals surface area contributed by atoms with Crippen molar-refractivity contribution < 1.29 is 37.7 Å². The van der Waals surface area contributed by atoms with E-state index in [1.54, 1.807) is 23.8 Å². The van der Waals surface area contributed by atoms with Crippen LogP contribution in [0.2, 0.25) is 0 Å². The van der Waals surface area contributed by atoms with Gasteiger partial charge < -0.3 is 27.9 Å². The summed E-state index contributed by atoms with van der Waals surface area (Å²) in [7, 11) is 0. The highest BCUT2D eigenvalue weighted by Gasteiger charge is 2.44. The molecule has 4 atom stereocenters. The number of esters is 3. The smallest absolute Gasteiger partial charge is 0.303 e. The lowest BCUT2D eigenvalue weighted by Crippen LogP contribution is -2.50. The molecule has 0 bridgehead atoms. The summed E-state index contributed by atoms with van der Waals surface area (Å²) in [6, 6.07) is 11.5. The van der Waals surface area contributed by atoms with Crippen LogP contribution in [0.3, 0.4) is 0 Å². The molecule has 5 rings (SSSR count). The summed E-state index contributed by atoms with van der Waals surface area (Å²) in [6.07, 6.45) is 2.95. The Balaban J connectivity index is 1.52. The van der Waals surface area contributed by atoms with Gasteiger partial charge in [0.2, 0.25) is 0 Å². The fraction of sp³-hybridized carbons (Fsp3) is 0.357. The topological polar surface area (TPSA) is 119 Å². The van der Waals surface area contributed by atoms with Crippen molar-refractivity contribution in [2.45, 2.75) is 58.2 Å². The van der Waals surface area contributed by atoms with Gasteiger partial charge in [-0.25, -0.2) is 4.98 Å². The lowest BCUT2D eigenvalue weighted by atomic mass is 10.0. The molecule has 1 saturated heterocycles. The van der Waals surface area contributed by atoms with Gasteiger partial charge in [-0.15, -0.1) is 11.3 Å². The third-order valence-corrected chi connectivity index (χ3v) is 7.33. The first-order valence-corrected chi connectivity index (χ1v) is 13.3. The Hall–Kier alpha value is -3.96. The third-order valence-electron chi connectivity index (χ3n) is 6.32. The minimum atomic E-state index is -0.922. The van der Waals surface area contributed by atoms with Crippen LogP contribution in [0.15, 0.2) is 59.5 Å². The molecule has 11 heteroatoms. The van der Waals surface area contributed by atoms with Crippen molar-refractivity contribution in [3.63, 3.8) is 0 Å². The molecule has 0 unspecified atom stereocenters. The molecule has 0 saturated carbocycles. The monoisotopic (exact) mass is 552 g/mol. The van der Waals surface area contributed by atoms with Crippen LogP contribution >= 0.6 is 11.3 Å². The number of nitrogens with zero attached hydrogens (tertiary/aromatic N) is 2. The largest absolute Gasteiger partial charge is 0.463 e. The Morgan fingerprint density at radius 1 is 1.05 bits per heavy atom. The van der Waals surface area contributed by atoms with E-state index in [9.17, 15) is 14.4 Å². The van der Waals surface area contributed by atoms with Gasteiger partial charge in [0.05, 0.1) is 27.8 Å². The van der Waals surface area contributed by atoms with Crippen molar-refractivity contribution in [1.29, 1.82) is 0 Å². The zero-order chi connectivity index (χ0) is 27.5. The van der Waals surface area contributed by atoms with Crippen LogP contribution < -0.4 is 0 Å². The van der Waals surface area contributed by atoms with E-state index < -0.39 is 42.4 Å². The van der Waals surface area contributed by atoms with E-state index in [0.29, 0.717) is 6.42 Å². The highest BCUT2D eigenvalue weighted by atomic mass is 32.1. The number of rotatable bonds is 8. The number of hydrogen-bond donors (Lipinski definition) is 0. The number of thiazole rings is 1. The van der Waals surface area contributed by atoms with Gasteiger partial charge in [0, 0.05) is 51.4 Å². The average Bonchev–Trinajstić information content (AvgIpc) is 3.64. The Labute approximate surface area is 228 Å². The van der Waals surface area contributed by atoms with Gasteiger partial charge >= 0.3 is 17.9 Å². The molecular formula is C28H28N2O8S. The highest BCUT2D eigenvalue weighted by Crippen LogP contribution is 2.37. The molecule has 1 aliphatic rings. The van der Waals surface area contributed by atoms with Crippen LogP contribution in [0.4, 0.5) is 0 Å². The first-order chi connectivity index (χ1) is 18.8. The Morgan fingerprint density at radius 2 is 1.85 bits per heavy atom. The molecule has 3 aromatic heterocycles. The van der Waals surface area contributed by atoms with Gasteiger partial charge in [0.15, 0.2) is 12.3 Å². The van der Waals surface area contributed by atoms with Crippen molar-refractivity contribution in [2.75, 3.05) is 6.61 Å². The minimum Gasteiger partial charge on any atom is -0.463 e. The number of aromatic nitrogens is 2. The van der Waals surface area contributed by atoms with Crippen molar-refractivity contribution in [3.05, 3.63) is 65.6 Å². The Kier molecular flexibility index (Phi) is 7.80. The molecule has 1 aromatic carbocycles. The van der Waals surface area contributed by atoms with Gasteiger partial charge in [0.1, 0.15) is 18.5 Å². The summed E-state index contributed by atoms with van der Waals surface area (Å²) in [5, 5.41) is 1.87. The van der Waals surface area contributed by atoms with Crippen LogP contribution in [-0.4, -0.2) is 52.4 Å². The minimum absolute atomic E-state index is 0.0306. The standard InChI is InChI=1S/C28H28N2O8S/c1-16(31)35-15-20-12-24(36-17(2)32)27(37-18(3)33)28(38-20)30-14-19(21-7-4-5-8-22(21)30)11-26-29-13-25(39-26)23-9-6-10-34-23/h4-10,13-14,20,24,27-28H,11-12,15H2,1-3H3/t20-,24-,27+,28+/m0/s1. The molecule has 1 aliphatic heterocycles. The number of carbonyl (C=O) groups is 3. The Bertz CT molecular complexity index is 1470. The summed E-state index contributed by atoms with van der Waals surface area (Å²) in [4.78, 5) is 41.1. The molecular weight excluding hydrogens is 524 g/mol. The van der Waals surface area contributed by atoms with E-state index in [-0.39, 0.29) is 13.0 Å². The quantitative estimate of drug-likeness (QED) is 0.227.